The first kappa shape index (κ1) is 16.7. The molecule has 1 atom stereocenters. The summed E-state index contributed by atoms with van der Waals surface area (Å²) in [5.74, 6) is -0.156. The Labute approximate surface area is 134 Å². The van der Waals surface area contributed by atoms with E-state index in [0.717, 1.165) is 25.7 Å². The Kier molecular flexibility index (Phi) is 5.74. The highest BCUT2D eigenvalue weighted by atomic mass is 35.5. The number of hydrogen-bond acceptors (Lipinski definition) is 4. The van der Waals surface area contributed by atoms with Gasteiger partial charge in [0.05, 0.1) is 4.92 Å². The van der Waals surface area contributed by atoms with Crippen molar-refractivity contribution in [1.82, 2.24) is 5.32 Å². The summed E-state index contributed by atoms with van der Waals surface area (Å²) in [5.41, 5.74) is 5.51. The molecule has 1 aliphatic carbocycles. The fraction of sp³-hybridized carbons (Fsp3) is 0.533. The summed E-state index contributed by atoms with van der Waals surface area (Å²) in [6.07, 6.45) is 5.53. The maximum Gasteiger partial charge on any atom is 0.282 e. The molecule has 1 unspecified atom stereocenters. The van der Waals surface area contributed by atoms with Gasteiger partial charge in [-0.1, -0.05) is 30.9 Å². The van der Waals surface area contributed by atoms with E-state index < -0.39 is 10.8 Å². The number of benzene rings is 1. The summed E-state index contributed by atoms with van der Waals surface area (Å²) in [6, 6.07) is 3.81. The number of amides is 1. The van der Waals surface area contributed by atoms with Gasteiger partial charge in [0.15, 0.2) is 0 Å². The van der Waals surface area contributed by atoms with Crippen LogP contribution in [0.25, 0.3) is 0 Å². The minimum atomic E-state index is -0.580. The normalized spacial score (nSPS) is 17.0. The molecule has 6 nitrogen and oxygen atoms in total. The molecule has 0 aliphatic heterocycles. The smallest absolute Gasteiger partial charge is 0.282 e. The van der Waals surface area contributed by atoms with Gasteiger partial charge >= 0.3 is 0 Å². The van der Waals surface area contributed by atoms with Gasteiger partial charge in [-0.3, -0.25) is 14.9 Å². The molecule has 7 heteroatoms. The van der Waals surface area contributed by atoms with Crippen molar-refractivity contribution in [2.24, 2.45) is 11.7 Å². The average molecular weight is 326 g/mol. The molecule has 1 aliphatic rings. The van der Waals surface area contributed by atoms with Crippen LogP contribution in [0.1, 0.15) is 42.5 Å². The predicted octanol–water partition coefficient (Wildman–Crippen LogP) is 2.89. The van der Waals surface area contributed by atoms with Gasteiger partial charge in [0.2, 0.25) is 0 Å². The summed E-state index contributed by atoms with van der Waals surface area (Å²) < 4.78 is 0. The van der Waals surface area contributed by atoms with Gasteiger partial charge in [-0.05, 0) is 30.9 Å². The van der Waals surface area contributed by atoms with E-state index in [9.17, 15) is 14.9 Å². The first-order chi connectivity index (χ1) is 10.5. The van der Waals surface area contributed by atoms with Crippen molar-refractivity contribution in [3.05, 3.63) is 38.9 Å². The number of nitro benzene ring substituents is 1. The lowest BCUT2D eigenvalue weighted by molar-refractivity contribution is -0.385. The number of nitro groups is 1. The molecule has 0 heterocycles. The highest BCUT2D eigenvalue weighted by Crippen LogP contribution is 2.27. The molecule has 1 aromatic carbocycles. The lowest BCUT2D eigenvalue weighted by atomic mass is 9.84. The predicted molar refractivity (Wildman–Crippen MR) is 85.0 cm³/mol. The van der Waals surface area contributed by atoms with Crippen molar-refractivity contribution in [2.45, 2.75) is 38.1 Å². The Morgan fingerprint density at radius 3 is 2.68 bits per heavy atom. The summed E-state index contributed by atoms with van der Waals surface area (Å²) >= 11 is 5.86. The quantitative estimate of drug-likeness (QED) is 0.642. The first-order valence-corrected chi connectivity index (χ1v) is 7.85. The van der Waals surface area contributed by atoms with Crippen molar-refractivity contribution in [2.75, 3.05) is 6.54 Å². The van der Waals surface area contributed by atoms with Crippen molar-refractivity contribution in [1.29, 1.82) is 0 Å². The van der Waals surface area contributed by atoms with E-state index >= 15 is 0 Å². The zero-order valence-electron chi connectivity index (χ0n) is 12.3. The maximum absolute atomic E-state index is 12.4. The number of nitrogens with zero attached hydrogens (tertiary/aromatic N) is 1. The van der Waals surface area contributed by atoms with Crippen LogP contribution in [0.4, 0.5) is 5.69 Å². The lowest BCUT2D eigenvalue weighted by Gasteiger charge is -2.30. The van der Waals surface area contributed by atoms with Crippen LogP contribution in [0.15, 0.2) is 18.2 Å². The third kappa shape index (κ3) is 3.96. The van der Waals surface area contributed by atoms with E-state index in [4.69, 9.17) is 17.3 Å². The largest absolute Gasteiger partial charge is 0.348 e. The number of carbonyl (C=O) groups excluding carboxylic acids is 1. The van der Waals surface area contributed by atoms with E-state index in [1.165, 1.54) is 24.6 Å². The molecule has 0 aromatic heterocycles. The average Bonchev–Trinajstić information content (AvgIpc) is 2.52. The standard InChI is InChI=1S/C15H20ClN3O3/c16-11-6-7-14(19(21)22)12(8-11)15(20)18-13(9-17)10-4-2-1-3-5-10/h6-8,10,13H,1-5,9,17H2,(H,18,20). The van der Waals surface area contributed by atoms with Crippen LogP contribution in [-0.2, 0) is 0 Å². The second kappa shape index (κ2) is 7.56. The number of hydrogen-bond donors (Lipinski definition) is 2. The summed E-state index contributed by atoms with van der Waals surface area (Å²) in [4.78, 5) is 22.9. The maximum atomic E-state index is 12.4. The molecule has 1 amide bonds. The van der Waals surface area contributed by atoms with Gasteiger partial charge in [-0.15, -0.1) is 0 Å². The van der Waals surface area contributed by atoms with Gasteiger partial charge in [0.1, 0.15) is 5.56 Å². The third-order valence-corrected chi connectivity index (χ3v) is 4.42. The number of carbonyl (C=O) groups is 1. The minimum Gasteiger partial charge on any atom is -0.348 e. The number of halogens is 1. The van der Waals surface area contributed by atoms with Crippen LogP contribution in [0.3, 0.4) is 0 Å². The van der Waals surface area contributed by atoms with Gasteiger partial charge < -0.3 is 11.1 Å². The molecule has 0 bridgehead atoms. The fourth-order valence-electron chi connectivity index (χ4n) is 3.00. The van der Waals surface area contributed by atoms with Crippen LogP contribution in [-0.4, -0.2) is 23.4 Å². The summed E-state index contributed by atoms with van der Waals surface area (Å²) in [5, 5.41) is 14.2. The van der Waals surface area contributed by atoms with E-state index in [-0.39, 0.29) is 22.3 Å². The second-order valence-electron chi connectivity index (χ2n) is 5.63. The third-order valence-electron chi connectivity index (χ3n) is 4.19. The minimum absolute atomic E-state index is 0.0215. The Bertz CT molecular complexity index is 559. The summed E-state index contributed by atoms with van der Waals surface area (Å²) in [7, 11) is 0. The molecule has 0 spiro atoms. The fourth-order valence-corrected chi connectivity index (χ4v) is 3.17. The molecule has 1 saturated carbocycles. The molecule has 1 fully saturated rings. The number of nitrogens with one attached hydrogen (secondary N) is 1. The second-order valence-corrected chi connectivity index (χ2v) is 6.07. The zero-order valence-corrected chi connectivity index (χ0v) is 13.0. The molecule has 0 radical (unpaired) electrons. The van der Waals surface area contributed by atoms with Gasteiger partial charge in [0, 0.05) is 23.7 Å². The van der Waals surface area contributed by atoms with Crippen molar-refractivity contribution >= 4 is 23.2 Å². The van der Waals surface area contributed by atoms with E-state index in [2.05, 4.69) is 5.32 Å². The van der Waals surface area contributed by atoms with E-state index in [1.54, 1.807) is 0 Å². The first-order valence-electron chi connectivity index (χ1n) is 7.47. The Morgan fingerprint density at radius 2 is 2.09 bits per heavy atom. The summed E-state index contributed by atoms with van der Waals surface area (Å²) in [6.45, 7) is 0.324. The van der Waals surface area contributed by atoms with Crippen LogP contribution in [0.5, 0.6) is 0 Å². The molecule has 3 N–H and O–H groups in total. The van der Waals surface area contributed by atoms with Gasteiger partial charge in [-0.2, -0.15) is 0 Å². The Balaban J connectivity index is 2.16. The SMILES string of the molecule is NCC(NC(=O)c1cc(Cl)ccc1[N+](=O)[O-])C1CCCCC1. The lowest BCUT2D eigenvalue weighted by Crippen LogP contribution is -2.46. The molecular weight excluding hydrogens is 306 g/mol. The molecular formula is C15H20ClN3O3. The highest BCUT2D eigenvalue weighted by molar-refractivity contribution is 6.31. The van der Waals surface area contributed by atoms with Crippen molar-refractivity contribution < 1.29 is 9.72 Å². The van der Waals surface area contributed by atoms with Gasteiger partial charge in [0.25, 0.3) is 11.6 Å². The van der Waals surface area contributed by atoms with Crippen LogP contribution in [0.2, 0.25) is 5.02 Å². The van der Waals surface area contributed by atoms with E-state index in [0.29, 0.717) is 12.5 Å². The molecule has 1 aromatic rings. The Hall–Kier alpha value is -1.66. The van der Waals surface area contributed by atoms with Crippen molar-refractivity contribution in [3.8, 4) is 0 Å². The Morgan fingerprint density at radius 1 is 1.41 bits per heavy atom. The van der Waals surface area contributed by atoms with Crippen LogP contribution < -0.4 is 11.1 Å². The van der Waals surface area contributed by atoms with Gasteiger partial charge in [-0.25, -0.2) is 0 Å². The zero-order chi connectivity index (χ0) is 16.1. The van der Waals surface area contributed by atoms with E-state index in [1.807, 2.05) is 0 Å². The highest BCUT2D eigenvalue weighted by Gasteiger charge is 2.27. The monoisotopic (exact) mass is 325 g/mol. The van der Waals surface area contributed by atoms with Crippen molar-refractivity contribution in [3.63, 3.8) is 0 Å². The van der Waals surface area contributed by atoms with Crippen LogP contribution >= 0.6 is 11.6 Å². The number of nitrogens with two attached hydrogens (primary N) is 1. The van der Waals surface area contributed by atoms with Crippen LogP contribution in [0, 0.1) is 16.0 Å². The molecule has 2 rings (SSSR count). The molecule has 22 heavy (non-hydrogen) atoms. The molecule has 120 valence electrons. The number of rotatable bonds is 5. The molecule has 0 saturated heterocycles. The topological polar surface area (TPSA) is 98.3 Å².